The summed E-state index contributed by atoms with van der Waals surface area (Å²) in [7, 11) is 1.63. The number of benzene rings is 2. The van der Waals surface area contributed by atoms with Crippen molar-refractivity contribution in [3.63, 3.8) is 0 Å². The van der Waals surface area contributed by atoms with Crippen LogP contribution in [0.1, 0.15) is 55.7 Å². The Balaban J connectivity index is 1.96. The van der Waals surface area contributed by atoms with Gasteiger partial charge in [0.05, 0.1) is 13.7 Å². The number of nitrogens with zero attached hydrogens (tertiary/aromatic N) is 1. The first-order chi connectivity index (χ1) is 15.3. The normalized spacial score (nSPS) is 10.7. The maximum atomic E-state index is 13.6. The highest BCUT2D eigenvalue weighted by molar-refractivity contribution is 5.95. The lowest BCUT2D eigenvalue weighted by atomic mass is 10.0. The third-order valence-corrected chi connectivity index (χ3v) is 5.62. The quantitative estimate of drug-likeness (QED) is 0.508. The van der Waals surface area contributed by atoms with Crippen molar-refractivity contribution in [3.8, 4) is 5.75 Å². The van der Waals surface area contributed by atoms with E-state index in [0.717, 1.165) is 33.7 Å². The van der Waals surface area contributed by atoms with Crippen LogP contribution in [0, 0.1) is 20.8 Å². The second-order valence-corrected chi connectivity index (χ2v) is 7.77. The van der Waals surface area contributed by atoms with E-state index in [2.05, 4.69) is 4.98 Å². The SMILES string of the molecule is CCOC(=O)c1[nH]c(C)c(CN(Cc2ccc(OC)cc2)C(=O)c2ccccc2C)c1C. The largest absolute Gasteiger partial charge is 0.497 e. The predicted octanol–water partition coefficient (Wildman–Crippen LogP) is 4.97. The van der Waals surface area contributed by atoms with E-state index < -0.39 is 0 Å². The van der Waals surface area contributed by atoms with Gasteiger partial charge < -0.3 is 19.4 Å². The van der Waals surface area contributed by atoms with Crippen LogP contribution >= 0.6 is 0 Å². The van der Waals surface area contributed by atoms with Gasteiger partial charge in [-0.25, -0.2) is 4.79 Å². The lowest BCUT2D eigenvalue weighted by Crippen LogP contribution is -2.31. The van der Waals surface area contributed by atoms with E-state index in [-0.39, 0.29) is 11.9 Å². The van der Waals surface area contributed by atoms with Crippen molar-refractivity contribution in [2.24, 2.45) is 0 Å². The molecule has 3 aromatic rings. The molecule has 0 aliphatic carbocycles. The monoisotopic (exact) mass is 434 g/mol. The Bertz CT molecular complexity index is 1100. The second-order valence-electron chi connectivity index (χ2n) is 7.77. The summed E-state index contributed by atoms with van der Waals surface area (Å²) in [5.41, 5.74) is 5.59. The number of carbonyl (C=O) groups excluding carboxylic acids is 2. The van der Waals surface area contributed by atoms with Crippen LogP contribution in [0.3, 0.4) is 0 Å². The third kappa shape index (κ3) is 5.02. The van der Waals surface area contributed by atoms with Crippen molar-refractivity contribution in [2.75, 3.05) is 13.7 Å². The van der Waals surface area contributed by atoms with Crippen molar-refractivity contribution >= 4 is 11.9 Å². The van der Waals surface area contributed by atoms with Gasteiger partial charge >= 0.3 is 5.97 Å². The van der Waals surface area contributed by atoms with Crippen LogP contribution in [0.4, 0.5) is 0 Å². The van der Waals surface area contributed by atoms with Gasteiger partial charge in [-0.15, -0.1) is 0 Å². The summed E-state index contributed by atoms with van der Waals surface area (Å²) in [6, 6.07) is 15.3. The molecule has 0 saturated carbocycles. The van der Waals surface area contributed by atoms with Gasteiger partial charge in [0.2, 0.25) is 0 Å². The van der Waals surface area contributed by atoms with Gasteiger partial charge in [0, 0.05) is 24.3 Å². The fourth-order valence-corrected chi connectivity index (χ4v) is 3.76. The molecule has 0 bridgehead atoms. The van der Waals surface area contributed by atoms with Gasteiger partial charge in [0.15, 0.2) is 0 Å². The molecule has 3 rings (SSSR count). The number of aryl methyl sites for hydroxylation is 2. The molecule has 1 aromatic heterocycles. The van der Waals surface area contributed by atoms with Crippen molar-refractivity contribution in [2.45, 2.75) is 40.8 Å². The van der Waals surface area contributed by atoms with Crippen molar-refractivity contribution in [1.82, 2.24) is 9.88 Å². The summed E-state index contributed by atoms with van der Waals surface area (Å²) in [6.45, 7) is 8.61. The minimum atomic E-state index is -0.383. The molecule has 0 aliphatic rings. The Morgan fingerprint density at radius 2 is 1.66 bits per heavy atom. The number of hydrogen-bond acceptors (Lipinski definition) is 4. The number of H-pyrrole nitrogens is 1. The standard InChI is InChI=1S/C26H30N2O4/c1-6-32-26(30)24-18(3)23(19(4)27-24)16-28(15-20-11-13-21(31-5)14-12-20)25(29)22-10-8-7-9-17(22)2/h7-14,27H,6,15-16H2,1-5H3. The number of nitrogens with one attached hydrogen (secondary N) is 1. The smallest absolute Gasteiger partial charge is 0.355 e. The molecule has 2 aromatic carbocycles. The summed E-state index contributed by atoms with van der Waals surface area (Å²) >= 11 is 0. The van der Waals surface area contributed by atoms with Crippen LogP contribution in [0.25, 0.3) is 0 Å². The second kappa shape index (κ2) is 10.2. The van der Waals surface area contributed by atoms with Crippen LogP contribution in [0.5, 0.6) is 5.75 Å². The Kier molecular flexibility index (Phi) is 7.36. The Morgan fingerprint density at radius 1 is 0.969 bits per heavy atom. The number of aromatic amines is 1. The number of carbonyl (C=O) groups is 2. The number of amides is 1. The van der Waals surface area contributed by atoms with Crippen LogP contribution in [-0.4, -0.2) is 35.5 Å². The average molecular weight is 435 g/mol. The molecule has 168 valence electrons. The van der Waals surface area contributed by atoms with Gasteiger partial charge in [-0.1, -0.05) is 30.3 Å². The fraction of sp³-hybridized carbons (Fsp3) is 0.308. The molecule has 1 N–H and O–H groups in total. The van der Waals surface area contributed by atoms with Crippen molar-refractivity contribution in [1.29, 1.82) is 0 Å². The molecule has 32 heavy (non-hydrogen) atoms. The van der Waals surface area contributed by atoms with E-state index in [1.54, 1.807) is 14.0 Å². The molecule has 6 heteroatoms. The Labute approximate surface area is 189 Å². The van der Waals surface area contributed by atoms with Crippen LogP contribution in [-0.2, 0) is 17.8 Å². The van der Waals surface area contributed by atoms with E-state index >= 15 is 0 Å². The van der Waals surface area contributed by atoms with Gasteiger partial charge in [0.25, 0.3) is 5.91 Å². The zero-order valence-corrected chi connectivity index (χ0v) is 19.3. The molecule has 6 nitrogen and oxygen atoms in total. The minimum Gasteiger partial charge on any atom is -0.497 e. The Morgan fingerprint density at radius 3 is 2.28 bits per heavy atom. The van der Waals surface area contributed by atoms with E-state index in [1.165, 1.54) is 0 Å². The molecular formula is C26H30N2O4. The lowest BCUT2D eigenvalue weighted by Gasteiger charge is -2.24. The van der Waals surface area contributed by atoms with Gasteiger partial charge in [-0.3, -0.25) is 4.79 Å². The summed E-state index contributed by atoms with van der Waals surface area (Å²) in [6.07, 6.45) is 0. The maximum absolute atomic E-state index is 13.6. The highest BCUT2D eigenvalue weighted by Crippen LogP contribution is 2.24. The molecular weight excluding hydrogens is 404 g/mol. The number of esters is 1. The number of methoxy groups -OCH3 is 1. The van der Waals surface area contributed by atoms with Crippen LogP contribution in [0.2, 0.25) is 0 Å². The fourth-order valence-electron chi connectivity index (χ4n) is 3.76. The van der Waals surface area contributed by atoms with Gasteiger partial charge in [-0.05, 0) is 68.1 Å². The molecule has 0 unspecified atom stereocenters. The van der Waals surface area contributed by atoms with Crippen molar-refractivity contribution in [3.05, 3.63) is 87.7 Å². The Hall–Kier alpha value is -3.54. The molecule has 0 aliphatic heterocycles. The van der Waals surface area contributed by atoms with Crippen molar-refractivity contribution < 1.29 is 19.1 Å². The molecule has 1 amide bonds. The first-order valence-corrected chi connectivity index (χ1v) is 10.7. The summed E-state index contributed by atoms with van der Waals surface area (Å²) in [5.74, 6) is 0.324. The first kappa shape index (κ1) is 23.1. The summed E-state index contributed by atoms with van der Waals surface area (Å²) < 4.78 is 10.4. The summed E-state index contributed by atoms with van der Waals surface area (Å²) in [4.78, 5) is 30.8. The number of ether oxygens (including phenoxy) is 2. The molecule has 1 heterocycles. The number of hydrogen-bond donors (Lipinski definition) is 1. The van der Waals surface area contributed by atoms with Crippen LogP contribution in [0.15, 0.2) is 48.5 Å². The molecule has 0 fully saturated rings. The first-order valence-electron chi connectivity index (χ1n) is 10.7. The van der Waals surface area contributed by atoms with Crippen LogP contribution < -0.4 is 4.74 Å². The van der Waals surface area contributed by atoms with Gasteiger partial charge in [-0.2, -0.15) is 0 Å². The van der Waals surface area contributed by atoms with E-state index in [4.69, 9.17) is 9.47 Å². The molecule has 0 atom stereocenters. The third-order valence-electron chi connectivity index (χ3n) is 5.62. The number of rotatable bonds is 8. The molecule has 0 spiro atoms. The zero-order chi connectivity index (χ0) is 23.3. The topological polar surface area (TPSA) is 71.6 Å². The number of aromatic nitrogens is 1. The highest BCUT2D eigenvalue weighted by atomic mass is 16.5. The van der Waals surface area contributed by atoms with E-state index in [1.807, 2.05) is 74.2 Å². The maximum Gasteiger partial charge on any atom is 0.355 e. The zero-order valence-electron chi connectivity index (χ0n) is 19.3. The molecule has 0 saturated heterocycles. The van der Waals surface area contributed by atoms with Gasteiger partial charge in [0.1, 0.15) is 11.4 Å². The summed E-state index contributed by atoms with van der Waals surface area (Å²) in [5, 5.41) is 0. The highest BCUT2D eigenvalue weighted by Gasteiger charge is 2.24. The van der Waals surface area contributed by atoms with E-state index in [9.17, 15) is 9.59 Å². The predicted molar refractivity (Wildman–Crippen MR) is 124 cm³/mol. The average Bonchev–Trinajstić information content (AvgIpc) is 3.07. The van der Waals surface area contributed by atoms with E-state index in [0.29, 0.717) is 31.0 Å². The minimum absolute atomic E-state index is 0.0587. The lowest BCUT2D eigenvalue weighted by molar-refractivity contribution is 0.0519. The molecule has 0 radical (unpaired) electrons.